The molecule has 1 aliphatic heterocycles. The summed E-state index contributed by atoms with van der Waals surface area (Å²) < 4.78 is 16.9. The fraction of sp³-hybridized carbons (Fsp3) is 0.529. The van der Waals surface area contributed by atoms with E-state index in [1.54, 1.807) is 4.90 Å². The Hall–Kier alpha value is -1.82. The number of carbonyl (C=O) groups is 1. The first kappa shape index (κ1) is 16.1. The number of fused-ring (bicyclic) bond motifs is 1. The molecule has 124 valence electrons. The van der Waals surface area contributed by atoms with Crippen molar-refractivity contribution in [2.75, 3.05) is 13.2 Å². The predicted octanol–water partition coefficient (Wildman–Crippen LogP) is 4.07. The summed E-state index contributed by atoms with van der Waals surface area (Å²) in [6, 6.07) is 8.06. The van der Waals surface area contributed by atoms with Crippen LogP contribution in [0, 0.1) is 0 Å². The number of hydrogen-bond donors (Lipinski definition) is 0. The third kappa shape index (κ3) is 3.75. The van der Waals surface area contributed by atoms with Crippen molar-refractivity contribution in [2.24, 2.45) is 0 Å². The smallest absolute Gasteiger partial charge is 0.410 e. The molecule has 1 aliphatic rings. The van der Waals surface area contributed by atoms with Crippen molar-refractivity contribution in [1.82, 2.24) is 9.27 Å². The fourth-order valence-electron chi connectivity index (χ4n) is 2.71. The molecule has 5 nitrogen and oxygen atoms in total. The molecule has 1 aromatic heterocycles. The molecule has 1 fully saturated rings. The van der Waals surface area contributed by atoms with Gasteiger partial charge >= 0.3 is 6.09 Å². The van der Waals surface area contributed by atoms with Crippen molar-refractivity contribution in [1.29, 1.82) is 0 Å². The zero-order valence-corrected chi connectivity index (χ0v) is 14.6. The van der Waals surface area contributed by atoms with Gasteiger partial charge in [0.2, 0.25) is 5.88 Å². The van der Waals surface area contributed by atoms with E-state index in [9.17, 15) is 4.79 Å². The first-order chi connectivity index (χ1) is 10.9. The van der Waals surface area contributed by atoms with Crippen LogP contribution in [0.4, 0.5) is 4.79 Å². The van der Waals surface area contributed by atoms with Crippen LogP contribution in [-0.2, 0) is 4.74 Å². The topological polar surface area (TPSA) is 51.7 Å². The van der Waals surface area contributed by atoms with Crippen molar-refractivity contribution in [3.63, 3.8) is 0 Å². The number of amides is 1. The Morgan fingerprint density at radius 2 is 2.17 bits per heavy atom. The van der Waals surface area contributed by atoms with E-state index >= 15 is 0 Å². The summed E-state index contributed by atoms with van der Waals surface area (Å²) >= 11 is 1.43. The molecule has 1 saturated heterocycles. The maximum atomic E-state index is 12.3. The molecule has 2 heterocycles. The van der Waals surface area contributed by atoms with Crippen molar-refractivity contribution in [3.8, 4) is 5.88 Å². The van der Waals surface area contributed by atoms with Gasteiger partial charge in [0.15, 0.2) is 0 Å². The molecule has 1 aromatic carbocycles. The lowest BCUT2D eigenvalue weighted by Crippen LogP contribution is -2.42. The van der Waals surface area contributed by atoms with Gasteiger partial charge in [0.25, 0.3) is 0 Å². The molecule has 0 radical (unpaired) electrons. The van der Waals surface area contributed by atoms with Gasteiger partial charge < -0.3 is 14.4 Å². The van der Waals surface area contributed by atoms with Crippen molar-refractivity contribution < 1.29 is 14.3 Å². The maximum Gasteiger partial charge on any atom is 0.410 e. The van der Waals surface area contributed by atoms with Crippen LogP contribution in [0.25, 0.3) is 10.1 Å². The summed E-state index contributed by atoms with van der Waals surface area (Å²) in [6.07, 6.45) is 1.65. The molecule has 0 aliphatic carbocycles. The second kappa shape index (κ2) is 6.35. The normalized spacial score (nSPS) is 18.4. The second-order valence-corrected chi connectivity index (χ2v) is 7.57. The summed E-state index contributed by atoms with van der Waals surface area (Å²) in [5.41, 5.74) is -0.476. The number of aromatic nitrogens is 1. The summed E-state index contributed by atoms with van der Waals surface area (Å²) in [6.45, 7) is 6.82. The summed E-state index contributed by atoms with van der Waals surface area (Å²) in [7, 11) is 0. The first-order valence-electron chi connectivity index (χ1n) is 7.91. The lowest BCUT2D eigenvalue weighted by atomic mass is 10.2. The van der Waals surface area contributed by atoms with Gasteiger partial charge in [-0.05, 0) is 57.3 Å². The van der Waals surface area contributed by atoms with Crippen LogP contribution in [0.2, 0.25) is 0 Å². The Balaban J connectivity index is 1.64. The van der Waals surface area contributed by atoms with Gasteiger partial charge in [-0.25, -0.2) is 4.79 Å². The Morgan fingerprint density at radius 1 is 1.39 bits per heavy atom. The standard InChI is InChI=1S/C17H22N2O3S/c1-17(2,3)22-16(20)19-10-6-7-12(19)11-21-15-13-8-4-5-9-14(13)23-18-15/h4-5,8-9,12H,6-7,10-11H2,1-3H3. The van der Waals surface area contributed by atoms with Crippen LogP contribution in [0.1, 0.15) is 33.6 Å². The lowest BCUT2D eigenvalue weighted by Gasteiger charge is -2.28. The molecule has 0 N–H and O–H groups in total. The summed E-state index contributed by atoms with van der Waals surface area (Å²) in [5.74, 6) is 0.654. The van der Waals surface area contributed by atoms with Gasteiger partial charge in [0, 0.05) is 6.54 Å². The number of nitrogens with zero attached hydrogens (tertiary/aromatic N) is 2. The van der Waals surface area contributed by atoms with E-state index in [-0.39, 0.29) is 12.1 Å². The van der Waals surface area contributed by atoms with Crippen LogP contribution in [0.15, 0.2) is 24.3 Å². The quantitative estimate of drug-likeness (QED) is 0.849. The van der Waals surface area contributed by atoms with Crippen LogP contribution in [-0.4, -0.2) is 40.2 Å². The molecular weight excluding hydrogens is 312 g/mol. The summed E-state index contributed by atoms with van der Waals surface area (Å²) in [4.78, 5) is 14.1. The molecule has 1 atom stereocenters. The third-order valence-corrected chi connectivity index (χ3v) is 4.57. The number of hydrogen-bond acceptors (Lipinski definition) is 5. The monoisotopic (exact) mass is 334 g/mol. The van der Waals surface area contributed by atoms with Crippen molar-refractivity contribution >= 4 is 27.7 Å². The van der Waals surface area contributed by atoms with Gasteiger partial charge in [-0.2, -0.15) is 4.37 Å². The van der Waals surface area contributed by atoms with Crippen molar-refractivity contribution in [2.45, 2.75) is 45.3 Å². The van der Waals surface area contributed by atoms with Crippen LogP contribution >= 0.6 is 11.5 Å². The highest BCUT2D eigenvalue weighted by Gasteiger charge is 2.32. The molecular formula is C17H22N2O3S. The molecule has 23 heavy (non-hydrogen) atoms. The van der Waals surface area contributed by atoms with Gasteiger partial charge in [-0.3, -0.25) is 0 Å². The molecule has 0 spiro atoms. The van der Waals surface area contributed by atoms with Gasteiger partial charge in [0.1, 0.15) is 12.2 Å². The molecule has 0 bridgehead atoms. The van der Waals surface area contributed by atoms with Gasteiger partial charge in [-0.15, -0.1) is 0 Å². The Kier molecular flexibility index (Phi) is 4.43. The summed E-state index contributed by atoms with van der Waals surface area (Å²) in [5, 5.41) is 1.03. The van der Waals surface area contributed by atoms with Gasteiger partial charge in [0.05, 0.1) is 16.1 Å². The first-order valence-corrected chi connectivity index (χ1v) is 8.68. The minimum Gasteiger partial charge on any atom is -0.474 e. The highest BCUT2D eigenvalue weighted by atomic mass is 32.1. The number of rotatable bonds is 3. The molecule has 3 rings (SSSR count). The van der Waals surface area contributed by atoms with Crippen LogP contribution in [0.5, 0.6) is 5.88 Å². The largest absolute Gasteiger partial charge is 0.474 e. The zero-order chi connectivity index (χ0) is 16.4. The number of ether oxygens (including phenoxy) is 2. The van der Waals surface area contributed by atoms with E-state index in [0.29, 0.717) is 12.5 Å². The van der Waals surface area contributed by atoms with Crippen LogP contribution < -0.4 is 4.74 Å². The number of likely N-dealkylation sites (tertiary alicyclic amines) is 1. The number of carbonyl (C=O) groups excluding carboxylic acids is 1. The molecule has 1 amide bonds. The van der Waals surface area contributed by atoms with E-state index in [1.165, 1.54) is 11.5 Å². The third-order valence-electron chi connectivity index (χ3n) is 3.76. The average molecular weight is 334 g/mol. The number of benzene rings is 1. The molecule has 6 heteroatoms. The maximum absolute atomic E-state index is 12.3. The SMILES string of the molecule is CC(C)(C)OC(=O)N1CCCC1COc1nsc2ccccc12. The molecule has 0 saturated carbocycles. The lowest BCUT2D eigenvalue weighted by molar-refractivity contribution is 0.0187. The fourth-order valence-corrected chi connectivity index (χ4v) is 3.44. The Labute approximate surface area is 140 Å². The highest BCUT2D eigenvalue weighted by Crippen LogP contribution is 2.29. The van der Waals surface area contributed by atoms with Crippen molar-refractivity contribution in [3.05, 3.63) is 24.3 Å². The minimum atomic E-state index is -0.476. The predicted molar refractivity (Wildman–Crippen MR) is 91.1 cm³/mol. The van der Waals surface area contributed by atoms with E-state index in [1.807, 2.05) is 45.0 Å². The Morgan fingerprint density at radius 3 is 2.96 bits per heavy atom. The highest BCUT2D eigenvalue weighted by molar-refractivity contribution is 7.13. The van der Waals surface area contributed by atoms with E-state index in [0.717, 1.165) is 29.5 Å². The van der Waals surface area contributed by atoms with E-state index < -0.39 is 5.60 Å². The second-order valence-electron chi connectivity index (χ2n) is 6.76. The van der Waals surface area contributed by atoms with Gasteiger partial charge in [-0.1, -0.05) is 12.1 Å². The van der Waals surface area contributed by atoms with E-state index in [2.05, 4.69) is 4.37 Å². The van der Waals surface area contributed by atoms with E-state index in [4.69, 9.17) is 9.47 Å². The van der Waals surface area contributed by atoms with Crippen LogP contribution in [0.3, 0.4) is 0 Å². The Bertz CT molecular complexity index is 692. The molecule has 1 unspecified atom stereocenters. The minimum absolute atomic E-state index is 0.0466. The average Bonchev–Trinajstić information content (AvgIpc) is 3.10. The molecule has 2 aromatic rings. The zero-order valence-electron chi connectivity index (χ0n) is 13.7.